The highest BCUT2D eigenvalue weighted by atomic mass is 16.5. The van der Waals surface area contributed by atoms with E-state index in [1.54, 1.807) is 13.0 Å². The normalized spacial score (nSPS) is 24.2. The third-order valence-electron chi connectivity index (χ3n) is 6.14. The van der Waals surface area contributed by atoms with Crippen molar-refractivity contribution in [2.24, 2.45) is 11.8 Å². The van der Waals surface area contributed by atoms with Crippen molar-refractivity contribution in [1.82, 2.24) is 10.2 Å². The molecule has 31 heavy (non-hydrogen) atoms. The Bertz CT molecular complexity index is 830. The molecule has 2 fully saturated rings. The first-order chi connectivity index (χ1) is 14.6. The number of hydrogen-bond donors (Lipinski definition) is 6. The summed E-state index contributed by atoms with van der Waals surface area (Å²) >= 11 is 0. The van der Waals surface area contributed by atoms with E-state index in [2.05, 4.69) is 5.32 Å². The van der Waals surface area contributed by atoms with E-state index in [1.165, 1.54) is 6.07 Å². The van der Waals surface area contributed by atoms with E-state index in [4.69, 9.17) is 9.84 Å². The first kappa shape index (κ1) is 23.3. The van der Waals surface area contributed by atoms with Gasteiger partial charge in [0.2, 0.25) is 5.91 Å². The molecule has 1 heterocycles. The molecule has 2 aliphatic rings. The molecule has 11 heteroatoms. The number of aliphatic hydroxyl groups excluding tert-OH is 1. The van der Waals surface area contributed by atoms with Gasteiger partial charge in [0.1, 0.15) is 23.2 Å². The molecule has 3 unspecified atom stereocenters. The van der Waals surface area contributed by atoms with E-state index in [9.17, 15) is 29.9 Å². The Morgan fingerprint density at radius 2 is 2.00 bits per heavy atom. The van der Waals surface area contributed by atoms with Gasteiger partial charge in [-0.15, -0.1) is 0 Å². The van der Waals surface area contributed by atoms with E-state index < -0.39 is 24.7 Å². The van der Waals surface area contributed by atoms with Crippen molar-refractivity contribution >= 4 is 19.0 Å². The van der Waals surface area contributed by atoms with Gasteiger partial charge >= 0.3 is 13.1 Å². The van der Waals surface area contributed by atoms with Crippen molar-refractivity contribution < 1.29 is 39.7 Å². The molecular formula is C20H29BN2O8. The van der Waals surface area contributed by atoms with Crippen LogP contribution in [0.15, 0.2) is 12.1 Å². The number of carbonyl (C=O) groups is 2. The van der Waals surface area contributed by atoms with Crippen LogP contribution in [0.1, 0.15) is 35.7 Å². The van der Waals surface area contributed by atoms with Crippen molar-refractivity contribution in [3.63, 3.8) is 0 Å². The maximum Gasteiger partial charge on any atom is 0.455 e. The zero-order valence-corrected chi connectivity index (χ0v) is 17.6. The Morgan fingerprint density at radius 3 is 2.55 bits per heavy atom. The number of hydrogen-bond acceptors (Lipinski definition) is 8. The summed E-state index contributed by atoms with van der Waals surface area (Å²) in [4.78, 5) is 25.7. The fraction of sp³-hybridized carbons (Fsp3) is 0.600. The minimum Gasteiger partial charge on any atom is -0.507 e. The summed E-state index contributed by atoms with van der Waals surface area (Å²) in [6.45, 7) is 5.23. The van der Waals surface area contributed by atoms with E-state index in [-0.39, 0.29) is 54.2 Å². The molecule has 6 N–H and O–H groups in total. The summed E-state index contributed by atoms with van der Waals surface area (Å²) in [5.41, 5.74) is 0.0336. The monoisotopic (exact) mass is 436 g/mol. The number of carbonyl (C=O) groups excluding carboxylic acids is 1. The summed E-state index contributed by atoms with van der Waals surface area (Å²) in [5, 5.41) is 50.4. The van der Waals surface area contributed by atoms with E-state index in [0.29, 0.717) is 25.2 Å². The predicted molar refractivity (Wildman–Crippen MR) is 111 cm³/mol. The van der Waals surface area contributed by atoms with Crippen molar-refractivity contribution in [3.05, 3.63) is 23.3 Å². The van der Waals surface area contributed by atoms with Gasteiger partial charge in [0.05, 0.1) is 6.61 Å². The lowest BCUT2D eigenvalue weighted by molar-refractivity contribution is -0.126. The van der Waals surface area contributed by atoms with Crippen LogP contribution in [0.2, 0.25) is 5.82 Å². The molecule has 170 valence electrons. The molecule has 0 bridgehead atoms. The second kappa shape index (κ2) is 9.43. The van der Waals surface area contributed by atoms with E-state index >= 15 is 0 Å². The minimum absolute atomic E-state index is 0.0570. The van der Waals surface area contributed by atoms with Crippen molar-refractivity contribution in [2.45, 2.75) is 31.7 Å². The Labute approximate surface area is 180 Å². The molecule has 1 saturated heterocycles. The average molecular weight is 436 g/mol. The largest absolute Gasteiger partial charge is 0.507 e. The van der Waals surface area contributed by atoms with E-state index in [1.807, 2.05) is 11.8 Å². The number of likely N-dealkylation sites (tertiary alicyclic amines) is 1. The minimum atomic E-state index is -1.53. The number of nitrogens with one attached hydrogen (secondary N) is 1. The van der Waals surface area contributed by atoms with Crippen molar-refractivity contribution in [1.29, 1.82) is 0 Å². The van der Waals surface area contributed by atoms with Crippen LogP contribution >= 0.6 is 0 Å². The predicted octanol–water partition coefficient (Wildman–Crippen LogP) is -0.526. The molecule has 4 atom stereocenters. The number of aromatic carboxylic acids is 1. The van der Waals surface area contributed by atoms with Crippen molar-refractivity contribution in [2.75, 3.05) is 32.8 Å². The zero-order valence-electron chi connectivity index (χ0n) is 17.6. The maximum atomic E-state index is 11.9. The quantitative estimate of drug-likeness (QED) is 0.265. The second-order valence-electron chi connectivity index (χ2n) is 8.43. The fourth-order valence-electron chi connectivity index (χ4n) is 4.35. The average Bonchev–Trinajstić information content (AvgIpc) is 3.34. The standard InChI is InChI=1S/C20H29BN2O8/c1-10(19(26)22-5-6-24)7-23-8-12(9-23)31-14-4-3-13(18(25)16(14)20(27)28)15-11(2)17(15)21(29)30/h3-4,10-12,15,17,24-25,29-30H,5-9H2,1-2H3,(H,22,26)(H,27,28)/t10-,11?,15?,17?/m0/s1. The number of ether oxygens (including phenoxy) is 1. The number of phenols is 1. The van der Waals surface area contributed by atoms with Gasteiger partial charge in [-0.25, -0.2) is 4.79 Å². The smallest absolute Gasteiger partial charge is 0.455 e. The van der Waals surface area contributed by atoms with Crippen LogP contribution < -0.4 is 10.1 Å². The van der Waals surface area contributed by atoms with Crippen LogP contribution in [-0.2, 0) is 4.79 Å². The number of benzene rings is 1. The Hall–Kier alpha value is -2.34. The van der Waals surface area contributed by atoms with Gasteiger partial charge in [-0.05, 0) is 23.5 Å². The van der Waals surface area contributed by atoms with Crippen LogP contribution in [-0.4, -0.2) is 88.2 Å². The van der Waals surface area contributed by atoms with Gasteiger partial charge < -0.3 is 35.4 Å². The highest BCUT2D eigenvalue weighted by Gasteiger charge is 2.55. The highest BCUT2D eigenvalue weighted by Crippen LogP contribution is 2.61. The Kier molecular flexibility index (Phi) is 7.10. The molecule has 1 aliphatic heterocycles. The van der Waals surface area contributed by atoms with E-state index in [0.717, 1.165) is 0 Å². The van der Waals surface area contributed by atoms with Gasteiger partial charge in [0, 0.05) is 37.9 Å². The summed E-state index contributed by atoms with van der Waals surface area (Å²) in [7, 11) is -1.53. The molecule has 3 rings (SSSR count). The number of carboxylic acids is 1. The SMILES string of the molecule is CC1C(B(O)O)C1c1ccc(OC2CN(C[C@H](C)C(=O)NCCO)C2)c(C(=O)O)c1O. The number of amides is 1. The molecule has 0 radical (unpaired) electrons. The first-order valence-electron chi connectivity index (χ1n) is 10.4. The maximum absolute atomic E-state index is 11.9. The Balaban J connectivity index is 1.61. The molecule has 1 aromatic carbocycles. The van der Waals surface area contributed by atoms with Crippen LogP contribution in [0.3, 0.4) is 0 Å². The number of aliphatic hydroxyl groups is 1. The van der Waals surface area contributed by atoms with Crippen molar-refractivity contribution in [3.8, 4) is 11.5 Å². The summed E-state index contributed by atoms with van der Waals surface area (Å²) in [5.74, 6) is -2.95. The zero-order chi connectivity index (χ0) is 22.9. The van der Waals surface area contributed by atoms with Crippen LogP contribution in [0, 0.1) is 11.8 Å². The molecule has 1 aromatic rings. The molecule has 1 amide bonds. The number of nitrogens with zero attached hydrogens (tertiary/aromatic N) is 1. The van der Waals surface area contributed by atoms with Gasteiger partial charge in [-0.3, -0.25) is 9.69 Å². The lowest BCUT2D eigenvalue weighted by Crippen LogP contribution is -2.56. The van der Waals surface area contributed by atoms with Gasteiger partial charge in [0.25, 0.3) is 0 Å². The molecular weight excluding hydrogens is 407 g/mol. The lowest BCUT2D eigenvalue weighted by atomic mass is 9.80. The summed E-state index contributed by atoms with van der Waals surface area (Å²) in [6, 6.07) is 3.07. The number of aromatic hydroxyl groups is 1. The van der Waals surface area contributed by atoms with Gasteiger partial charge in [-0.2, -0.15) is 0 Å². The highest BCUT2D eigenvalue weighted by molar-refractivity contribution is 6.45. The van der Waals surface area contributed by atoms with Crippen LogP contribution in [0.5, 0.6) is 11.5 Å². The molecule has 10 nitrogen and oxygen atoms in total. The van der Waals surface area contributed by atoms with Gasteiger partial charge in [0.15, 0.2) is 0 Å². The third kappa shape index (κ3) is 4.95. The van der Waals surface area contributed by atoms with Crippen LogP contribution in [0.4, 0.5) is 0 Å². The number of rotatable bonds is 10. The molecule has 0 spiro atoms. The summed E-state index contributed by atoms with van der Waals surface area (Å²) in [6.07, 6.45) is -0.275. The first-order valence-corrected chi connectivity index (χ1v) is 10.4. The third-order valence-corrected chi connectivity index (χ3v) is 6.14. The van der Waals surface area contributed by atoms with Gasteiger partial charge in [-0.1, -0.05) is 19.9 Å². The summed E-state index contributed by atoms with van der Waals surface area (Å²) < 4.78 is 5.80. The molecule has 0 aromatic heterocycles. The lowest BCUT2D eigenvalue weighted by Gasteiger charge is -2.40. The van der Waals surface area contributed by atoms with Crippen LogP contribution in [0.25, 0.3) is 0 Å². The second-order valence-corrected chi connectivity index (χ2v) is 8.43. The topological polar surface area (TPSA) is 160 Å². The molecule has 1 aliphatic carbocycles. The molecule has 1 saturated carbocycles. The number of carboxylic acid groups (broad SMARTS) is 1. The Morgan fingerprint density at radius 1 is 1.32 bits per heavy atom. The fourth-order valence-corrected chi connectivity index (χ4v) is 4.35.